The fourth-order valence-corrected chi connectivity index (χ4v) is 6.57. The molecule has 1 amide bonds. The number of aliphatic hydroxyl groups excluding tert-OH is 1. The van der Waals surface area contributed by atoms with Gasteiger partial charge >= 0.3 is 0 Å². The lowest BCUT2D eigenvalue weighted by Gasteiger charge is -2.42. The number of para-hydroxylation sites is 2. The number of nitriles is 1. The molecule has 7 nitrogen and oxygen atoms in total. The standard InChI is InChI=1S/C33H38FN5O2/c1-22-29(18-25-12-14-37(15-13-25)32-26(19-35)8-7-11-30(32)34)23(2)36-24(3)31(22)33(41)38-16-17-39(28(20-38)21-40)27-9-5-4-6-10-27/h4-11,25,28,40H,12-18,20-21H2,1-3H3/t28-/m0/s1. The van der Waals surface area contributed by atoms with Crippen molar-refractivity contribution in [3.63, 3.8) is 0 Å². The van der Waals surface area contributed by atoms with Crippen LogP contribution in [0, 0.1) is 43.8 Å². The van der Waals surface area contributed by atoms with Crippen LogP contribution < -0.4 is 9.80 Å². The van der Waals surface area contributed by atoms with Gasteiger partial charge < -0.3 is 19.8 Å². The summed E-state index contributed by atoms with van der Waals surface area (Å²) in [4.78, 5) is 24.7. The Balaban J connectivity index is 1.30. The number of pyridine rings is 1. The summed E-state index contributed by atoms with van der Waals surface area (Å²) < 4.78 is 14.6. The highest BCUT2D eigenvalue weighted by atomic mass is 19.1. The Morgan fingerprint density at radius 3 is 2.44 bits per heavy atom. The van der Waals surface area contributed by atoms with Crippen molar-refractivity contribution in [1.29, 1.82) is 5.26 Å². The number of piperidine rings is 1. The number of carbonyl (C=O) groups excluding carboxylic acids is 1. The Hall–Kier alpha value is -3.96. The van der Waals surface area contributed by atoms with Crippen LogP contribution in [0.4, 0.5) is 15.8 Å². The molecule has 2 aliphatic heterocycles. The predicted molar refractivity (Wildman–Crippen MR) is 159 cm³/mol. The minimum Gasteiger partial charge on any atom is -0.394 e. The number of halogens is 1. The van der Waals surface area contributed by atoms with Crippen LogP contribution in [0.2, 0.25) is 0 Å². The lowest BCUT2D eigenvalue weighted by molar-refractivity contribution is 0.0697. The molecular formula is C33H38FN5O2. The summed E-state index contributed by atoms with van der Waals surface area (Å²) in [5.74, 6) is -0.00645. The van der Waals surface area contributed by atoms with E-state index in [-0.39, 0.29) is 24.4 Å². The van der Waals surface area contributed by atoms with Crippen molar-refractivity contribution in [2.75, 3.05) is 49.1 Å². The van der Waals surface area contributed by atoms with Crippen LogP contribution in [0.3, 0.4) is 0 Å². The number of piperazine rings is 1. The highest BCUT2D eigenvalue weighted by Crippen LogP contribution is 2.32. The maximum absolute atomic E-state index is 14.6. The summed E-state index contributed by atoms with van der Waals surface area (Å²) >= 11 is 0. The van der Waals surface area contributed by atoms with Gasteiger partial charge in [-0.1, -0.05) is 24.3 Å². The third-order valence-electron chi connectivity index (χ3n) is 8.77. The molecule has 2 aromatic carbocycles. The third kappa shape index (κ3) is 5.77. The Bertz CT molecular complexity index is 1450. The van der Waals surface area contributed by atoms with Gasteiger partial charge in [-0.3, -0.25) is 9.78 Å². The molecule has 0 bridgehead atoms. The fraction of sp³-hybridized carbons (Fsp3) is 0.424. The van der Waals surface area contributed by atoms with E-state index >= 15 is 0 Å². The number of carbonyl (C=O) groups is 1. The fourth-order valence-electron chi connectivity index (χ4n) is 6.57. The van der Waals surface area contributed by atoms with E-state index < -0.39 is 0 Å². The molecule has 3 heterocycles. The molecule has 5 rings (SSSR count). The van der Waals surface area contributed by atoms with Crippen molar-refractivity contribution >= 4 is 17.3 Å². The van der Waals surface area contributed by atoms with Gasteiger partial charge in [0.2, 0.25) is 0 Å². The van der Waals surface area contributed by atoms with E-state index in [1.165, 1.54) is 6.07 Å². The lowest BCUT2D eigenvalue weighted by Crippen LogP contribution is -2.56. The maximum atomic E-state index is 14.6. The molecule has 0 unspecified atom stereocenters. The van der Waals surface area contributed by atoms with E-state index in [1.807, 2.05) is 60.9 Å². The van der Waals surface area contributed by atoms with Gasteiger partial charge in [-0.05, 0) is 81.3 Å². The van der Waals surface area contributed by atoms with Crippen molar-refractivity contribution < 1.29 is 14.3 Å². The van der Waals surface area contributed by atoms with Crippen LogP contribution >= 0.6 is 0 Å². The minimum absolute atomic E-state index is 0.0293. The van der Waals surface area contributed by atoms with Crippen LogP contribution in [0.25, 0.3) is 0 Å². The highest BCUT2D eigenvalue weighted by Gasteiger charge is 2.32. The summed E-state index contributed by atoms with van der Waals surface area (Å²) in [6, 6.07) is 16.6. The Labute approximate surface area is 241 Å². The highest BCUT2D eigenvalue weighted by molar-refractivity contribution is 5.97. The molecule has 0 saturated carbocycles. The van der Waals surface area contributed by atoms with Crippen LogP contribution in [0.15, 0.2) is 48.5 Å². The van der Waals surface area contributed by atoms with Gasteiger partial charge in [-0.15, -0.1) is 0 Å². The minimum atomic E-state index is -0.354. The van der Waals surface area contributed by atoms with Crippen LogP contribution in [-0.4, -0.2) is 66.3 Å². The number of hydrogen-bond donors (Lipinski definition) is 1. The summed E-state index contributed by atoms with van der Waals surface area (Å²) in [5, 5.41) is 19.6. The maximum Gasteiger partial charge on any atom is 0.256 e. The SMILES string of the molecule is Cc1nc(C)c(C(=O)N2CCN(c3ccccc3)[C@H](CO)C2)c(C)c1CC1CCN(c2c(F)cccc2C#N)CC1. The van der Waals surface area contributed by atoms with E-state index in [0.717, 1.165) is 47.5 Å². The number of nitrogens with zero attached hydrogens (tertiary/aromatic N) is 5. The second-order valence-electron chi connectivity index (χ2n) is 11.3. The van der Waals surface area contributed by atoms with Crippen molar-refractivity contribution in [3.05, 3.63) is 88.0 Å². The first kappa shape index (κ1) is 28.6. The van der Waals surface area contributed by atoms with Crippen molar-refractivity contribution in [3.8, 4) is 6.07 Å². The Kier molecular flexibility index (Phi) is 8.55. The first-order valence-corrected chi connectivity index (χ1v) is 14.4. The zero-order chi connectivity index (χ0) is 29.1. The van der Waals surface area contributed by atoms with Gasteiger partial charge in [0.1, 0.15) is 11.9 Å². The average Bonchev–Trinajstić information content (AvgIpc) is 2.99. The van der Waals surface area contributed by atoms with Crippen LogP contribution in [-0.2, 0) is 6.42 Å². The number of anilines is 2. The molecule has 3 aromatic rings. The summed E-state index contributed by atoms with van der Waals surface area (Å²) in [6.07, 6.45) is 2.55. The van der Waals surface area contributed by atoms with Crippen LogP contribution in [0.5, 0.6) is 0 Å². The smallest absolute Gasteiger partial charge is 0.256 e. The predicted octanol–water partition coefficient (Wildman–Crippen LogP) is 4.80. The van der Waals surface area contributed by atoms with Gasteiger partial charge in [-0.2, -0.15) is 5.26 Å². The first-order valence-electron chi connectivity index (χ1n) is 14.4. The molecule has 0 spiro atoms. The van der Waals surface area contributed by atoms with Crippen molar-refractivity contribution in [1.82, 2.24) is 9.88 Å². The summed E-state index contributed by atoms with van der Waals surface area (Å²) in [7, 11) is 0. The van der Waals surface area contributed by atoms with E-state index in [9.17, 15) is 19.6 Å². The van der Waals surface area contributed by atoms with Crippen molar-refractivity contribution in [2.45, 2.75) is 46.1 Å². The molecule has 41 heavy (non-hydrogen) atoms. The monoisotopic (exact) mass is 555 g/mol. The van der Waals surface area contributed by atoms with Gasteiger partial charge in [0.25, 0.3) is 5.91 Å². The number of hydrogen-bond acceptors (Lipinski definition) is 6. The largest absolute Gasteiger partial charge is 0.394 e. The summed E-state index contributed by atoms with van der Waals surface area (Å²) in [6.45, 7) is 8.95. The third-order valence-corrected chi connectivity index (χ3v) is 8.77. The number of aryl methyl sites for hydroxylation is 2. The Morgan fingerprint density at radius 1 is 1.02 bits per heavy atom. The normalized spacial score (nSPS) is 18.0. The second kappa shape index (κ2) is 12.3. The molecule has 0 aliphatic carbocycles. The van der Waals surface area contributed by atoms with Gasteiger partial charge in [0.15, 0.2) is 0 Å². The van der Waals surface area contributed by atoms with Gasteiger partial charge in [0, 0.05) is 44.1 Å². The van der Waals surface area contributed by atoms with Crippen molar-refractivity contribution in [2.24, 2.45) is 5.92 Å². The first-order chi connectivity index (χ1) is 19.8. The van der Waals surface area contributed by atoms with E-state index in [0.29, 0.717) is 55.5 Å². The van der Waals surface area contributed by atoms with E-state index in [1.54, 1.807) is 12.1 Å². The lowest BCUT2D eigenvalue weighted by atomic mass is 9.86. The molecule has 0 radical (unpaired) electrons. The average molecular weight is 556 g/mol. The van der Waals surface area contributed by atoms with E-state index in [2.05, 4.69) is 11.0 Å². The molecule has 2 saturated heterocycles. The van der Waals surface area contributed by atoms with Crippen LogP contribution in [0.1, 0.15) is 51.3 Å². The number of aromatic nitrogens is 1. The molecule has 214 valence electrons. The molecule has 8 heteroatoms. The molecule has 1 atom stereocenters. The number of benzene rings is 2. The molecule has 1 N–H and O–H groups in total. The second-order valence-corrected chi connectivity index (χ2v) is 11.3. The topological polar surface area (TPSA) is 83.7 Å². The zero-order valence-electron chi connectivity index (χ0n) is 24.1. The van der Waals surface area contributed by atoms with Gasteiger partial charge in [-0.25, -0.2) is 4.39 Å². The summed E-state index contributed by atoms with van der Waals surface area (Å²) in [5.41, 5.74) is 6.26. The quantitative estimate of drug-likeness (QED) is 0.471. The van der Waals surface area contributed by atoms with Gasteiger partial charge in [0.05, 0.1) is 35.2 Å². The van der Waals surface area contributed by atoms with E-state index in [4.69, 9.17) is 4.98 Å². The molecule has 2 fully saturated rings. The number of amides is 1. The number of rotatable bonds is 6. The molecule has 1 aromatic heterocycles. The zero-order valence-corrected chi connectivity index (χ0v) is 24.1. The Morgan fingerprint density at radius 2 is 1.76 bits per heavy atom. The number of aliphatic hydroxyl groups is 1. The molecular weight excluding hydrogens is 517 g/mol. The molecule has 2 aliphatic rings.